The molecule has 0 amide bonds. The number of aliphatic hydroxyl groups is 2. The zero-order chi connectivity index (χ0) is 45.4. The third kappa shape index (κ3) is 8.79. The zero-order valence-corrected chi connectivity index (χ0v) is 43.8. The number of halogens is 1. The van der Waals surface area contributed by atoms with E-state index in [-0.39, 0.29) is 16.7 Å². The molecule has 19 aliphatic rings. The van der Waals surface area contributed by atoms with E-state index in [1.54, 1.807) is 38.5 Å². The van der Waals surface area contributed by atoms with E-state index < -0.39 is 0 Å². The molecule has 0 atom stereocenters. The molecule has 6 nitrogen and oxygen atoms in total. The Labute approximate surface area is 411 Å². The summed E-state index contributed by atoms with van der Waals surface area (Å²) in [4.78, 5) is 3.31. The van der Waals surface area contributed by atoms with Gasteiger partial charge in [0.25, 0.3) is 0 Å². The van der Waals surface area contributed by atoms with Gasteiger partial charge >= 0.3 is 0 Å². The van der Waals surface area contributed by atoms with E-state index in [1.807, 2.05) is 0 Å². The third-order valence-electron chi connectivity index (χ3n) is 24.5. The first kappa shape index (κ1) is 48.0. The van der Waals surface area contributed by atoms with Crippen LogP contribution in [0.25, 0.3) is 10.4 Å². The van der Waals surface area contributed by atoms with Crippen molar-refractivity contribution in [1.29, 1.82) is 0 Å². The molecule has 0 aromatic heterocycles. The molecular formula is C59H97BrN4O2. The molecule has 19 aliphatic carbocycles. The average molecular weight is 974 g/mol. The fourth-order valence-corrected chi connectivity index (χ4v) is 24.8. The van der Waals surface area contributed by atoms with Gasteiger partial charge in [-0.25, -0.2) is 0 Å². The lowest BCUT2D eigenvalue weighted by molar-refractivity contribution is -0.191. The first-order valence-corrected chi connectivity index (χ1v) is 30.4. The Morgan fingerprint density at radius 3 is 1.00 bits per heavy atom. The van der Waals surface area contributed by atoms with Gasteiger partial charge < -0.3 is 15.9 Å². The minimum atomic E-state index is -0.263. The highest BCUT2D eigenvalue weighted by molar-refractivity contribution is 9.10. The van der Waals surface area contributed by atoms with Crippen molar-refractivity contribution in [3.05, 3.63) is 10.4 Å². The molecule has 0 saturated heterocycles. The van der Waals surface area contributed by atoms with Crippen molar-refractivity contribution < 1.29 is 10.2 Å². The Morgan fingerprint density at radius 2 is 0.682 bits per heavy atom. The number of nitrogens with two attached hydrogens (primary N) is 1. The van der Waals surface area contributed by atoms with Crippen molar-refractivity contribution in [2.75, 3.05) is 7.11 Å². The lowest BCUT2D eigenvalue weighted by Gasteiger charge is -2.64. The number of aliphatic hydroxyl groups excluding tert-OH is 1. The number of azide groups is 1. The third-order valence-corrected chi connectivity index (χ3v) is 25.4. The number of nitrogens with zero attached hydrogens (tertiary/aromatic N) is 3. The van der Waals surface area contributed by atoms with Crippen LogP contribution in [0.2, 0.25) is 0 Å². The predicted octanol–water partition coefficient (Wildman–Crippen LogP) is 15.9. The average Bonchev–Trinajstić information content (AvgIpc) is 3.27. The van der Waals surface area contributed by atoms with Crippen LogP contribution in [0.4, 0.5) is 0 Å². The van der Waals surface area contributed by atoms with Gasteiger partial charge in [-0.1, -0.05) is 78.8 Å². The van der Waals surface area contributed by atoms with Crippen LogP contribution in [-0.4, -0.2) is 38.3 Å². The minimum Gasteiger partial charge on any atom is -0.400 e. The Balaban J connectivity index is 0.0000000973. The van der Waals surface area contributed by atoms with Gasteiger partial charge in [0.1, 0.15) is 0 Å². The van der Waals surface area contributed by atoms with E-state index in [2.05, 4.69) is 26.0 Å². The lowest BCUT2D eigenvalue weighted by Crippen LogP contribution is -2.63. The molecule has 0 aromatic carbocycles. The van der Waals surface area contributed by atoms with Crippen LogP contribution in [0.15, 0.2) is 5.11 Å². The predicted molar refractivity (Wildman–Crippen MR) is 273 cm³/mol. The van der Waals surface area contributed by atoms with Gasteiger partial charge in [0.15, 0.2) is 0 Å². The van der Waals surface area contributed by atoms with Crippen molar-refractivity contribution in [1.82, 2.24) is 0 Å². The molecule has 16 bridgehead atoms. The van der Waals surface area contributed by atoms with Gasteiger partial charge in [0.2, 0.25) is 0 Å². The van der Waals surface area contributed by atoms with E-state index in [1.165, 1.54) is 199 Å². The summed E-state index contributed by atoms with van der Waals surface area (Å²) in [5.41, 5.74) is 17.4. The maximum atomic E-state index is 11.2. The molecule has 19 rings (SSSR count). The zero-order valence-electron chi connectivity index (χ0n) is 42.2. The minimum absolute atomic E-state index is 0.00396. The summed E-state index contributed by atoms with van der Waals surface area (Å²) in [6.45, 7) is 0. The lowest BCUT2D eigenvalue weighted by atomic mass is 9.43. The van der Waals surface area contributed by atoms with Crippen LogP contribution in [0, 0.1) is 87.3 Å². The highest BCUT2D eigenvalue weighted by Gasteiger charge is 2.62. The van der Waals surface area contributed by atoms with Gasteiger partial charge in [-0.15, -0.1) is 0 Å². The Kier molecular flexibility index (Phi) is 13.5. The van der Waals surface area contributed by atoms with E-state index in [4.69, 9.17) is 16.4 Å². The van der Waals surface area contributed by atoms with Gasteiger partial charge in [0.05, 0.1) is 11.1 Å². The molecule has 0 heterocycles. The first-order chi connectivity index (χ1) is 31.9. The fraction of sp³-hybridized carbons (Fsp3) is 1.00. The quantitative estimate of drug-likeness (QED) is 0.113. The molecule has 0 radical (unpaired) electrons. The maximum Gasteiger partial charge on any atom is 0.0704 e. The van der Waals surface area contributed by atoms with Crippen LogP contribution in [0.3, 0.4) is 0 Å². The summed E-state index contributed by atoms with van der Waals surface area (Å²) in [5, 5.41) is 22.7. The summed E-state index contributed by atoms with van der Waals surface area (Å²) in [5.74, 6) is 12.3. The second-order valence-electron chi connectivity index (χ2n) is 28.8. The van der Waals surface area contributed by atoms with Crippen LogP contribution < -0.4 is 5.73 Å². The highest BCUT2D eigenvalue weighted by Crippen LogP contribution is 2.69. The smallest absolute Gasteiger partial charge is 0.0704 e. The Morgan fingerprint density at radius 1 is 0.409 bits per heavy atom. The van der Waals surface area contributed by atoms with Crippen LogP contribution in [0.5, 0.6) is 0 Å². The molecule has 4 N–H and O–H groups in total. The highest BCUT2D eigenvalue weighted by atomic mass is 79.9. The second-order valence-corrected chi connectivity index (χ2v) is 30.4. The Hall–Kier alpha value is -0.330. The molecule has 0 aromatic rings. The van der Waals surface area contributed by atoms with E-state index in [9.17, 15) is 5.11 Å². The van der Waals surface area contributed by atoms with Crippen molar-refractivity contribution in [2.45, 2.75) is 271 Å². The van der Waals surface area contributed by atoms with Gasteiger partial charge in [-0.05, 0) is 285 Å². The Bertz CT molecular complexity index is 1530. The molecule has 7 heteroatoms. The van der Waals surface area contributed by atoms with Gasteiger partial charge in [-0.2, -0.15) is 0 Å². The fourth-order valence-electron chi connectivity index (χ4n) is 23.4. The molecular weight excluding hydrogens is 877 g/mol. The van der Waals surface area contributed by atoms with E-state index in [0.29, 0.717) is 20.6 Å². The molecule has 0 unspecified atom stereocenters. The number of alkyl halides is 1. The molecule has 19 fully saturated rings. The van der Waals surface area contributed by atoms with E-state index >= 15 is 0 Å². The van der Waals surface area contributed by atoms with Crippen molar-refractivity contribution >= 4 is 15.9 Å². The molecule has 19 saturated carbocycles. The SMILES string of the molecule is BrC12CC3CC(CC(C3)C1)C2.CO.NC1(C23CC4CC(CC(C4)C2)C3)CCCCC1.OC1(C23CC4CC(CC(C4)C2)C3)CCCCC1.[N-]=[N+]=NC1(C23CC4CC(CC(C4)C2)C3)CCCCC1. The monoisotopic (exact) mass is 973 g/mol. The number of rotatable bonds is 4. The van der Waals surface area contributed by atoms with Crippen LogP contribution in [-0.2, 0) is 0 Å². The summed E-state index contributed by atoms with van der Waals surface area (Å²) >= 11 is 3.96. The summed E-state index contributed by atoms with van der Waals surface area (Å²) in [6.07, 6.45) is 54.7. The molecule has 0 aliphatic heterocycles. The normalized spacial score (nSPS) is 50.3. The van der Waals surface area contributed by atoms with Crippen LogP contribution in [0.1, 0.15) is 250 Å². The standard InChI is InChI=1S/C16H25N3.C16H27N.C16H26O.C10H15Br.CH4O/c17-19-18-16(4-2-1-3-5-16)15-9-12-6-13(10-15)8-14(7-12)11-15;2*17-16(4-2-1-3-5-16)15-9-12-6-13(10-15)8-14(7-12)11-15;11-10-4-7-1-8(5-10)3-9(2-7)6-10;1-2/h12-14H,1-11H2;12-14H,1-11,17H2;12-14,17H,1-11H2;7-9H,1-6H2;2H,1H3. The second kappa shape index (κ2) is 18.6. The van der Waals surface area contributed by atoms with Gasteiger partial charge in [0, 0.05) is 21.9 Å². The summed E-state index contributed by atoms with van der Waals surface area (Å²) in [7, 11) is 1.00. The topological polar surface area (TPSA) is 115 Å². The number of hydrogen-bond acceptors (Lipinski definition) is 4. The maximum absolute atomic E-state index is 11.2. The number of hydrogen-bond donors (Lipinski definition) is 3. The van der Waals surface area contributed by atoms with Crippen LogP contribution >= 0.6 is 15.9 Å². The van der Waals surface area contributed by atoms with Crippen molar-refractivity contribution in [3.8, 4) is 0 Å². The van der Waals surface area contributed by atoms with Crippen molar-refractivity contribution in [2.24, 2.45) is 98.1 Å². The van der Waals surface area contributed by atoms with Gasteiger partial charge in [-0.3, -0.25) is 0 Å². The largest absolute Gasteiger partial charge is 0.400 e. The molecule has 66 heavy (non-hydrogen) atoms. The molecule has 0 spiro atoms. The summed E-state index contributed by atoms with van der Waals surface area (Å²) < 4.78 is 0.613. The van der Waals surface area contributed by atoms with E-state index in [0.717, 1.165) is 91.0 Å². The molecule has 372 valence electrons. The van der Waals surface area contributed by atoms with Crippen molar-refractivity contribution in [3.63, 3.8) is 0 Å². The first-order valence-electron chi connectivity index (χ1n) is 29.6. The summed E-state index contributed by atoms with van der Waals surface area (Å²) in [6, 6.07) is 0.